The monoisotopic (exact) mass is 226 g/mol. The first kappa shape index (κ1) is 11.3. The lowest BCUT2D eigenvalue weighted by Crippen LogP contribution is -2.62. The number of hydrogen-bond acceptors (Lipinski definition) is 5. The summed E-state index contributed by atoms with van der Waals surface area (Å²) < 4.78 is 0. The van der Waals surface area contributed by atoms with E-state index in [1.165, 1.54) is 5.01 Å². The van der Waals surface area contributed by atoms with E-state index in [9.17, 15) is 14.7 Å². The van der Waals surface area contributed by atoms with Gasteiger partial charge < -0.3 is 15.6 Å². The van der Waals surface area contributed by atoms with Crippen LogP contribution >= 0.6 is 0 Å². The summed E-state index contributed by atoms with van der Waals surface area (Å²) >= 11 is 0. The molecule has 2 saturated heterocycles. The minimum Gasteiger partial charge on any atom is -0.548 e. The van der Waals surface area contributed by atoms with E-state index in [4.69, 9.17) is 5.73 Å². The highest BCUT2D eigenvalue weighted by atomic mass is 16.4. The lowest BCUT2D eigenvalue weighted by molar-refractivity contribution is -0.316. The van der Waals surface area contributed by atoms with E-state index in [-0.39, 0.29) is 5.91 Å². The van der Waals surface area contributed by atoms with Crippen LogP contribution in [-0.2, 0) is 9.59 Å². The van der Waals surface area contributed by atoms with Gasteiger partial charge in [-0.05, 0) is 25.7 Å². The molecular formula is C10H16N3O3-. The molecule has 0 bridgehead atoms. The van der Waals surface area contributed by atoms with Crippen molar-refractivity contribution < 1.29 is 14.7 Å². The van der Waals surface area contributed by atoms with Gasteiger partial charge in [-0.2, -0.15) is 0 Å². The second-order valence-corrected chi connectivity index (χ2v) is 4.36. The molecule has 1 amide bonds. The smallest absolute Gasteiger partial charge is 0.254 e. The molecule has 0 aromatic heterocycles. The van der Waals surface area contributed by atoms with Crippen LogP contribution in [0.15, 0.2) is 0 Å². The second kappa shape index (κ2) is 4.39. The molecule has 0 saturated carbocycles. The van der Waals surface area contributed by atoms with Crippen LogP contribution in [0.25, 0.3) is 0 Å². The predicted octanol–water partition coefficient (Wildman–Crippen LogP) is -1.93. The Morgan fingerprint density at radius 1 is 1.31 bits per heavy atom. The highest BCUT2D eigenvalue weighted by molar-refractivity contribution is 5.86. The first-order valence-electron chi connectivity index (χ1n) is 5.65. The van der Waals surface area contributed by atoms with Gasteiger partial charge in [0.1, 0.15) is 0 Å². The van der Waals surface area contributed by atoms with E-state index in [0.717, 1.165) is 19.4 Å². The molecule has 2 atom stereocenters. The maximum absolute atomic E-state index is 12.0. The molecule has 0 aromatic carbocycles. The van der Waals surface area contributed by atoms with Gasteiger partial charge in [-0.1, -0.05) is 0 Å². The molecule has 2 aliphatic heterocycles. The van der Waals surface area contributed by atoms with E-state index in [0.29, 0.717) is 19.4 Å². The third-order valence-electron chi connectivity index (χ3n) is 3.24. The average Bonchev–Trinajstić information content (AvgIpc) is 2.40. The van der Waals surface area contributed by atoms with Crippen LogP contribution in [0.1, 0.15) is 25.7 Å². The van der Waals surface area contributed by atoms with Crippen LogP contribution in [0.3, 0.4) is 0 Å². The molecule has 2 N–H and O–H groups in total. The van der Waals surface area contributed by atoms with Crippen molar-refractivity contribution >= 4 is 11.9 Å². The van der Waals surface area contributed by atoms with Crippen molar-refractivity contribution in [2.45, 2.75) is 37.8 Å². The average molecular weight is 226 g/mol. The number of fused-ring (bicyclic) bond motifs is 1. The first-order chi connectivity index (χ1) is 7.61. The fourth-order valence-electron chi connectivity index (χ4n) is 2.41. The van der Waals surface area contributed by atoms with Crippen LogP contribution in [0.5, 0.6) is 0 Å². The predicted molar refractivity (Wildman–Crippen MR) is 53.7 cm³/mol. The lowest BCUT2D eigenvalue weighted by atomic mass is 10.1. The van der Waals surface area contributed by atoms with Crippen molar-refractivity contribution in [2.24, 2.45) is 5.73 Å². The summed E-state index contributed by atoms with van der Waals surface area (Å²) in [6.07, 6.45) is 2.67. The van der Waals surface area contributed by atoms with Gasteiger partial charge in [0.25, 0.3) is 5.91 Å². The summed E-state index contributed by atoms with van der Waals surface area (Å²) in [5.41, 5.74) is 5.72. The first-order valence-corrected chi connectivity index (χ1v) is 5.65. The minimum absolute atomic E-state index is 0.286. The Labute approximate surface area is 94.0 Å². The summed E-state index contributed by atoms with van der Waals surface area (Å²) in [5.74, 6) is -1.47. The number of amides is 1. The normalized spacial score (nSPS) is 32.1. The SMILES string of the molecule is NC1CCCN2CCCC(C(=O)[O-])N2C1=O. The molecule has 2 aliphatic rings. The zero-order valence-electron chi connectivity index (χ0n) is 9.09. The van der Waals surface area contributed by atoms with Gasteiger partial charge in [0, 0.05) is 13.1 Å². The van der Waals surface area contributed by atoms with E-state index < -0.39 is 18.1 Å². The Morgan fingerprint density at radius 3 is 2.56 bits per heavy atom. The van der Waals surface area contributed by atoms with Crippen molar-refractivity contribution in [1.29, 1.82) is 0 Å². The van der Waals surface area contributed by atoms with Crippen molar-refractivity contribution in [3.63, 3.8) is 0 Å². The molecule has 6 heteroatoms. The summed E-state index contributed by atoms with van der Waals surface area (Å²) in [4.78, 5) is 23.0. The van der Waals surface area contributed by atoms with Crippen LogP contribution in [0.4, 0.5) is 0 Å². The third kappa shape index (κ3) is 1.90. The molecule has 2 rings (SSSR count). The maximum atomic E-state index is 12.0. The van der Waals surface area contributed by atoms with Crippen molar-refractivity contribution in [3.8, 4) is 0 Å². The van der Waals surface area contributed by atoms with E-state index in [1.54, 1.807) is 5.01 Å². The number of hydrazine groups is 1. The number of nitrogens with two attached hydrogens (primary N) is 1. The number of carbonyl (C=O) groups is 2. The molecule has 0 radical (unpaired) electrons. The van der Waals surface area contributed by atoms with E-state index in [2.05, 4.69) is 0 Å². The van der Waals surface area contributed by atoms with Gasteiger partial charge in [-0.15, -0.1) is 0 Å². The number of nitrogens with zero attached hydrogens (tertiary/aromatic N) is 2. The zero-order chi connectivity index (χ0) is 11.7. The van der Waals surface area contributed by atoms with Crippen molar-refractivity contribution in [3.05, 3.63) is 0 Å². The Bertz CT molecular complexity index is 308. The van der Waals surface area contributed by atoms with Gasteiger partial charge >= 0.3 is 0 Å². The largest absolute Gasteiger partial charge is 0.548 e. The molecule has 90 valence electrons. The standard InChI is InChI=1S/C10H17N3O3/c11-7-3-1-5-12-6-2-4-8(10(15)16)13(12)9(7)14/h7-8H,1-6,11H2,(H,15,16)/p-1. The summed E-state index contributed by atoms with van der Waals surface area (Å²) in [6.45, 7) is 1.42. The van der Waals surface area contributed by atoms with E-state index in [1.807, 2.05) is 0 Å². The molecule has 2 fully saturated rings. The topological polar surface area (TPSA) is 89.7 Å². The van der Waals surface area contributed by atoms with Crippen molar-refractivity contribution in [2.75, 3.05) is 13.1 Å². The van der Waals surface area contributed by atoms with Crippen LogP contribution < -0.4 is 10.8 Å². The molecule has 6 nitrogen and oxygen atoms in total. The van der Waals surface area contributed by atoms with Gasteiger partial charge in [-0.3, -0.25) is 9.80 Å². The second-order valence-electron chi connectivity index (χ2n) is 4.36. The molecule has 0 spiro atoms. The molecule has 0 aromatic rings. The maximum Gasteiger partial charge on any atom is 0.254 e. The molecule has 2 heterocycles. The van der Waals surface area contributed by atoms with Crippen molar-refractivity contribution in [1.82, 2.24) is 10.0 Å². The van der Waals surface area contributed by atoms with Gasteiger partial charge in [0.15, 0.2) is 0 Å². The number of carboxylic acids is 1. The quantitative estimate of drug-likeness (QED) is 0.562. The zero-order valence-corrected chi connectivity index (χ0v) is 9.09. The van der Waals surface area contributed by atoms with Crippen LogP contribution in [0.2, 0.25) is 0 Å². The number of carbonyl (C=O) groups excluding carboxylic acids is 2. The summed E-state index contributed by atoms with van der Waals surface area (Å²) in [6, 6.07) is -1.42. The number of hydrogen-bond donors (Lipinski definition) is 1. The number of rotatable bonds is 1. The van der Waals surface area contributed by atoms with Gasteiger partial charge in [0.05, 0.1) is 18.1 Å². The minimum atomic E-state index is -1.19. The fourth-order valence-corrected chi connectivity index (χ4v) is 2.41. The Morgan fingerprint density at radius 2 is 1.94 bits per heavy atom. The van der Waals surface area contributed by atoms with Crippen LogP contribution in [-0.4, -0.2) is 47.1 Å². The van der Waals surface area contributed by atoms with Crippen LogP contribution in [0, 0.1) is 0 Å². The van der Waals surface area contributed by atoms with Gasteiger partial charge in [0.2, 0.25) is 0 Å². The number of aliphatic carboxylic acids is 1. The third-order valence-corrected chi connectivity index (χ3v) is 3.24. The molecule has 0 aliphatic carbocycles. The van der Waals surface area contributed by atoms with E-state index >= 15 is 0 Å². The highest BCUT2D eigenvalue weighted by Gasteiger charge is 2.37. The summed E-state index contributed by atoms with van der Waals surface area (Å²) in [7, 11) is 0. The summed E-state index contributed by atoms with van der Waals surface area (Å²) in [5, 5.41) is 14.1. The Kier molecular flexibility index (Phi) is 3.11. The Hall–Kier alpha value is -1.14. The Balaban J connectivity index is 2.25. The lowest BCUT2D eigenvalue weighted by Gasteiger charge is -2.44. The molecular weight excluding hydrogens is 210 g/mol. The molecule has 2 unspecified atom stereocenters. The molecule has 16 heavy (non-hydrogen) atoms. The van der Waals surface area contributed by atoms with Gasteiger partial charge in [-0.25, -0.2) is 5.01 Å². The fraction of sp³-hybridized carbons (Fsp3) is 0.800. The number of carboxylic acid groups (broad SMARTS) is 1. The highest BCUT2D eigenvalue weighted by Crippen LogP contribution is 2.22.